The predicted molar refractivity (Wildman–Crippen MR) is 68.5 cm³/mol. The molecule has 0 aromatic carbocycles. The lowest BCUT2D eigenvalue weighted by atomic mass is 9.90. The summed E-state index contributed by atoms with van der Waals surface area (Å²) in [5.41, 5.74) is 0. The fourth-order valence-electron chi connectivity index (χ4n) is 2.18. The standard InChI is InChI=1S/C12H22O10/c13-2-6(17)8(18)4(15)1-5(16)12-11(21)10(20)9(19)7(3-14)22-12/h4,6-15,17-21H,1-3H2/t4-,6-,7-,8+,9-,10+,11-,12?/m1/s1. The molecule has 0 amide bonds. The number of aliphatic hydroxyl groups is 8. The van der Waals surface area contributed by atoms with Crippen LogP contribution in [0.2, 0.25) is 0 Å². The molecule has 1 aliphatic rings. The van der Waals surface area contributed by atoms with Gasteiger partial charge < -0.3 is 45.6 Å². The van der Waals surface area contributed by atoms with Gasteiger partial charge in [0.2, 0.25) is 0 Å². The second-order valence-corrected chi connectivity index (χ2v) is 5.23. The van der Waals surface area contributed by atoms with Crippen LogP contribution in [0.1, 0.15) is 6.42 Å². The summed E-state index contributed by atoms with van der Waals surface area (Å²) < 4.78 is 5.00. The van der Waals surface area contributed by atoms with Crippen LogP contribution in [-0.2, 0) is 9.53 Å². The van der Waals surface area contributed by atoms with Gasteiger partial charge in [0.15, 0.2) is 5.78 Å². The van der Waals surface area contributed by atoms with Crippen molar-refractivity contribution >= 4 is 5.78 Å². The summed E-state index contributed by atoms with van der Waals surface area (Å²) in [6, 6.07) is 0. The van der Waals surface area contributed by atoms with Crippen LogP contribution in [-0.4, -0.2) is 109 Å². The highest BCUT2D eigenvalue weighted by Gasteiger charge is 2.46. The van der Waals surface area contributed by atoms with Crippen molar-refractivity contribution in [3.8, 4) is 0 Å². The van der Waals surface area contributed by atoms with Gasteiger partial charge in [-0.15, -0.1) is 0 Å². The molecule has 130 valence electrons. The number of ether oxygens (including phenoxy) is 1. The molecule has 8 atom stereocenters. The molecule has 0 aromatic heterocycles. The Morgan fingerprint density at radius 1 is 0.955 bits per heavy atom. The topological polar surface area (TPSA) is 188 Å². The number of ketones is 1. The van der Waals surface area contributed by atoms with Gasteiger partial charge in [-0.1, -0.05) is 0 Å². The first-order chi connectivity index (χ1) is 10.2. The molecule has 0 aromatic rings. The molecule has 0 aliphatic carbocycles. The second-order valence-electron chi connectivity index (χ2n) is 5.23. The van der Waals surface area contributed by atoms with Gasteiger partial charge in [-0.25, -0.2) is 0 Å². The van der Waals surface area contributed by atoms with E-state index in [1.165, 1.54) is 0 Å². The first-order valence-electron chi connectivity index (χ1n) is 6.72. The van der Waals surface area contributed by atoms with Gasteiger partial charge in [0.25, 0.3) is 0 Å². The number of rotatable bonds is 7. The van der Waals surface area contributed by atoms with Crippen LogP contribution < -0.4 is 0 Å². The van der Waals surface area contributed by atoms with Crippen LogP contribution >= 0.6 is 0 Å². The van der Waals surface area contributed by atoms with Gasteiger partial charge in [0, 0.05) is 6.42 Å². The first kappa shape index (κ1) is 19.4. The average Bonchev–Trinajstić information content (AvgIpc) is 2.51. The molecule has 1 heterocycles. The van der Waals surface area contributed by atoms with Crippen LogP contribution in [0.15, 0.2) is 0 Å². The number of aliphatic hydroxyl groups excluding tert-OH is 8. The van der Waals surface area contributed by atoms with Gasteiger partial charge >= 0.3 is 0 Å². The molecule has 22 heavy (non-hydrogen) atoms. The minimum atomic E-state index is -1.79. The molecule has 0 radical (unpaired) electrons. The van der Waals surface area contributed by atoms with Crippen molar-refractivity contribution in [2.45, 2.75) is 55.3 Å². The summed E-state index contributed by atoms with van der Waals surface area (Å²) in [5, 5.41) is 74.7. The molecular formula is C12H22O10. The van der Waals surface area contributed by atoms with Crippen molar-refractivity contribution < 1.29 is 50.4 Å². The summed E-state index contributed by atoms with van der Waals surface area (Å²) in [6.07, 6.45) is -13.9. The zero-order chi connectivity index (χ0) is 17.0. The van der Waals surface area contributed by atoms with E-state index in [1.807, 2.05) is 0 Å². The number of Topliss-reactive ketones (excluding diaryl/α,β-unsaturated/α-hetero) is 1. The fraction of sp³-hybridized carbons (Fsp3) is 0.917. The van der Waals surface area contributed by atoms with Crippen LogP contribution in [0, 0.1) is 0 Å². The molecule has 10 heteroatoms. The van der Waals surface area contributed by atoms with Crippen molar-refractivity contribution in [1.29, 1.82) is 0 Å². The predicted octanol–water partition coefficient (Wildman–Crippen LogP) is -5.14. The highest BCUT2D eigenvalue weighted by Crippen LogP contribution is 2.23. The lowest BCUT2D eigenvalue weighted by Crippen LogP contribution is -2.61. The van der Waals surface area contributed by atoms with Crippen molar-refractivity contribution in [2.75, 3.05) is 13.2 Å². The molecule has 1 fully saturated rings. The molecule has 0 spiro atoms. The zero-order valence-electron chi connectivity index (χ0n) is 11.6. The molecular weight excluding hydrogens is 304 g/mol. The minimum Gasteiger partial charge on any atom is -0.394 e. The van der Waals surface area contributed by atoms with Crippen molar-refractivity contribution in [3.05, 3.63) is 0 Å². The number of carbonyl (C=O) groups excluding carboxylic acids is 1. The molecule has 0 saturated carbocycles. The van der Waals surface area contributed by atoms with E-state index in [4.69, 9.17) is 14.9 Å². The highest BCUT2D eigenvalue weighted by molar-refractivity contribution is 5.84. The van der Waals surface area contributed by atoms with E-state index in [1.54, 1.807) is 0 Å². The van der Waals surface area contributed by atoms with E-state index in [9.17, 15) is 35.4 Å². The molecule has 0 bridgehead atoms. The molecule has 1 saturated heterocycles. The minimum absolute atomic E-state index is 0.705. The maximum atomic E-state index is 12.0. The van der Waals surface area contributed by atoms with Crippen molar-refractivity contribution in [1.82, 2.24) is 0 Å². The highest BCUT2D eigenvalue weighted by atomic mass is 16.5. The fourth-order valence-corrected chi connectivity index (χ4v) is 2.18. The van der Waals surface area contributed by atoms with Gasteiger partial charge in [-0.3, -0.25) is 4.79 Å². The number of carbonyl (C=O) groups is 1. The Balaban J connectivity index is 2.71. The summed E-state index contributed by atoms with van der Waals surface area (Å²) in [4.78, 5) is 12.0. The largest absolute Gasteiger partial charge is 0.394 e. The Bertz CT molecular complexity index is 362. The maximum Gasteiger partial charge on any atom is 0.167 e. The molecule has 8 N–H and O–H groups in total. The second kappa shape index (κ2) is 8.24. The van der Waals surface area contributed by atoms with E-state index >= 15 is 0 Å². The lowest BCUT2D eigenvalue weighted by molar-refractivity contribution is -0.226. The zero-order valence-corrected chi connectivity index (χ0v) is 11.6. The summed E-state index contributed by atoms with van der Waals surface area (Å²) in [5.74, 6) is -0.909. The van der Waals surface area contributed by atoms with Crippen LogP contribution in [0.4, 0.5) is 0 Å². The van der Waals surface area contributed by atoms with Crippen LogP contribution in [0.5, 0.6) is 0 Å². The lowest BCUT2D eigenvalue weighted by Gasteiger charge is -2.39. The Hall–Kier alpha value is -0.690. The average molecular weight is 326 g/mol. The van der Waals surface area contributed by atoms with Crippen LogP contribution in [0.3, 0.4) is 0 Å². The van der Waals surface area contributed by atoms with E-state index in [0.717, 1.165) is 0 Å². The maximum absolute atomic E-state index is 12.0. The van der Waals surface area contributed by atoms with E-state index in [0.29, 0.717) is 0 Å². The molecule has 1 aliphatic heterocycles. The molecule has 10 nitrogen and oxygen atoms in total. The first-order valence-corrected chi connectivity index (χ1v) is 6.72. The Morgan fingerprint density at radius 2 is 1.55 bits per heavy atom. The third kappa shape index (κ3) is 4.19. The number of hydrogen-bond donors (Lipinski definition) is 8. The monoisotopic (exact) mass is 326 g/mol. The van der Waals surface area contributed by atoms with Gasteiger partial charge in [-0.2, -0.15) is 0 Å². The summed E-state index contributed by atoms with van der Waals surface area (Å²) in [6.45, 7) is -1.53. The normalized spacial score (nSPS) is 36.6. The third-order valence-corrected chi connectivity index (χ3v) is 3.60. The Morgan fingerprint density at radius 3 is 2.05 bits per heavy atom. The van der Waals surface area contributed by atoms with Crippen molar-refractivity contribution in [2.24, 2.45) is 0 Å². The molecule has 1 rings (SSSR count). The van der Waals surface area contributed by atoms with Gasteiger partial charge in [0.05, 0.1) is 19.3 Å². The van der Waals surface area contributed by atoms with E-state index in [2.05, 4.69) is 0 Å². The Kier molecular flexibility index (Phi) is 7.25. The SMILES string of the molecule is O=C(C[C@@H](O)[C@H](O)[C@H](O)CO)C1O[C@H](CO)[C@@H](O)[C@H](O)[C@H]1O. The summed E-state index contributed by atoms with van der Waals surface area (Å²) in [7, 11) is 0. The Labute approximate surface area is 125 Å². The quantitative estimate of drug-likeness (QED) is 0.225. The van der Waals surface area contributed by atoms with Gasteiger partial charge in [0.1, 0.15) is 42.7 Å². The smallest absolute Gasteiger partial charge is 0.167 e. The van der Waals surface area contributed by atoms with E-state index < -0.39 is 74.2 Å². The van der Waals surface area contributed by atoms with Crippen LogP contribution in [0.25, 0.3) is 0 Å². The van der Waals surface area contributed by atoms with Gasteiger partial charge in [-0.05, 0) is 0 Å². The summed E-state index contributed by atoms with van der Waals surface area (Å²) >= 11 is 0. The van der Waals surface area contributed by atoms with Crippen molar-refractivity contribution in [3.63, 3.8) is 0 Å². The molecule has 1 unspecified atom stereocenters. The van der Waals surface area contributed by atoms with E-state index in [-0.39, 0.29) is 0 Å². The number of hydrogen-bond acceptors (Lipinski definition) is 10. The third-order valence-electron chi connectivity index (χ3n) is 3.60.